The summed E-state index contributed by atoms with van der Waals surface area (Å²) in [5.74, 6) is 0.527. The molecule has 0 aliphatic heterocycles. The number of hydrogen-bond acceptors (Lipinski definition) is 4. The molecule has 0 bridgehead atoms. The first-order valence-corrected chi connectivity index (χ1v) is 9.36. The molecule has 0 saturated heterocycles. The molecule has 0 saturated carbocycles. The van der Waals surface area contributed by atoms with Gasteiger partial charge in [0.05, 0.1) is 25.9 Å². The van der Waals surface area contributed by atoms with Gasteiger partial charge in [0.1, 0.15) is 5.75 Å². The Labute approximate surface area is 168 Å². The van der Waals surface area contributed by atoms with Gasteiger partial charge < -0.3 is 25.0 Å². The summed E-state index contributed by atoms with van der Waals surface area (Å²) in [4.78, 5) is 29.6. The van der Waals surface area contributed by atoms with E-state index in [0.717, 1.165) is 22.0 Å². The zero-order chi connectivity index (χ0) is 21.0. The highest BCUT2D eigenvalue weighted by Crippen LogP contribution is 2.23. The maximum Gasteiger partial charge on any atom is 0.322 e. The number of rotatable bonds is 6. The zero-order valence-electron chi connectivity index (χ0n) is 16.8. The standard InChI is InChI=1S/C22H25N3O4/c1-14-10-16-12-17(21(27)23-19(16)11-15(14)2)13-25(8-9-26)22(28)24-18-6-4-5-7-20(18)29-3/h4-7,10-12,26H,8-9,13H2,1-3H3,(H,23,27)(H,24,28). The van der Waals surface area contributed by atoms with E-state index in [9.17, 15) is 14.7 Å². The first-order chi connectivity index (χ1) is 13.9. The normalized spacial score (nSPS) is 10.8. The van der Waals surface area contributed by atoms with E-state index in [1.54, 1.807) is 30.3 Å². The molecule has 7 heteroatoms. The van der Waals surface area contributed by atoms with Crippen molar-refractivity contribution in [3.05, 3.63) is 69.5 Å². The topological polar surface area (TPSA) is 94.7 Å². The lowest BCUT2D eigenvalue weighted by molar-refractivity contribution is 0.185. The van der Waals surface area contributed by atoms with Crippen LogP contribution in [0.3, 0.4) is 0 Å². The molecule has 2 aromatic carbocycles. The van der Waals surface area contributed by atoms with Gasteiger partial charge in [0.15, 0.2) is 0 Å². The Bertz CT molecular complexity index is 1090. The van der Waals surface area contributed by atoms with Gasteiger partial charge in [-0.3, -0.25) is 4.79 Å². The lowest BCUT2D eigenvalue weighted by atomic mass is 10.0. The summed E-state index contributed by atoms with van der Waals surface area (Å²) in [6.07, 6.45) is 0. The first kappa shape index (κ1) is 20.4. The highest BCUT2D eigenvalue weighted by atomic mass is 16.5. The quantitative estimate of drug-likeness (QED) is 0.597. The summed E-state index contributed by atoms with van der Waals surface area (Å²) in [5.41, 5.74) is 3.68. The van der Waals surface area contributed by atoms with E-state index in [4.69, 9.17) is 4.74 Å². The van der Waals surface area contributed by atoms with Crippen LogP contribution in [0.5, 0.6) is 5.75 Å². The number of aromatic nitrogens is 1. The fraction of sp³-hybridized carbons (Fsp3) is 0.273. The van der Waals surface area contributed by atoms with E-state index in [1.165, 1.54) is 12.0 Å². The van der Waals surface area contributed by atoms with Crippen molar-refractivity contribution in [2.45, 2.75) is 20.4 Å². The Morgan fingerprint density at radius 2 is 1.90 bits per heavy atom. The van der Waals surface area contributed by atoms with Crippen molar-refractivity contribution >= 4 is 22.6 Å². The molecule has 3 N–H and O–H groups in total. The van der Waals surface area contributed by atoms with Gasteiger partial charge in [-0.05, 0) is 60.7 Å². The van der Waals surface area contributed by atoms with Crippen LogP contribution in [0.25, 0.3) is 10.9 Å². The van der Waals surface area contributed by atoms with Gasteiger partial charge in [-0.1, -0.05) is 12.1 Å². The Morgan fingerprint density at radius 1 is 1.17 bits per heavy atom. The predicted molar refractivity (Wildman–Crippen MR) is 114 cm³/mol. The number of anilines is 1. The van der Waals surface area contributed by atoms with Crippen LogP contribution in [-0.2, 0) is 6.54 Å². The number of pyridine rings is 1. The largest absolute Gasteiger partial charge is 0.495 e. The minimum atomic E-state index is -0.428. The maximum atomic E-state index is 12.8. The molecule has 0 spiro atoms. The number of H-pyrrole nitrogens is 1. The predicted octanol–water partition coefficient (Wildman–Crippen LogP) is 3.18. The second kappa shape index (κ2) is 8.79. The van der Waals surface area contributed by atoms with Crippen LogP contribution in [-0.4, -0.2) is 41.3 Å². The molecule has 1 aromatic heterocycles. The van der Waals surface area contributed by atoms with Crippen molar-refractivity contribution in [2.75, 3.05) is 25.6 Å². The highest BCUT2D eigenvalue weighted by molar-refractivity contribution is 5.91. The fourth-order valence-electron chi connectivity index (χ4n) is 3.16. The van der Waals surface area contributed by atoms with Gasteiger partial charge in [-0.2, -0.15) is 0 Å². The third-order valence-corrected chi connectivity index (χ3v) is 4.90. The summed E-state index contributed by atoms with van der Waals surface area (Å²) >= 11 is 0. The Hall–Kier alpha value is -3.32. The van der Waals surface area contributed by atoms with Gasteiger partial charge in [0.25, 0.3) is 5.56 Å². The van der Waals surface area contributed by atoms with Gasteiger partial charge in [-0.15, -0.1) is 0 Å². The average molecular weight is 395 g/mol. The number of carbonyl (C=O) groups is 1. The number of aliphatic hydroxyl groups excluding tert-OH is 1. The second-order valence-electron chi connectivity index (χ2n) is 6.92. The summed E-state index contributed by atoms with van der Waals surface area (Å²) in [6.45, 7) is 3.94. The lowest BCUT2D eigenvalue weighted by Gasteiger charge is -2.23. The number of para-hydroxylation sites is 2. The molecule has 3 aromatic rings. The molecule has 0 aliphatic rings. The van der Waals surface area contributed by atoms with Crippen molar-refractivity contribution in [3.8, 4) is 5.75 Å². The summed E-state index contributed by atoms with van der Waals surface area (Å²) in [5, 5.41) is 13.1. The molecule has 0 atom stereocenters. The van der Waals surface area contributed by atoms with Crippen molar-refractivity contribution in [2.24, 2.45) is 0 Å². The number of benzene rings is 2. The van der Waals surface area contributed by atoms with E-state index in [2.05, 4.69) is 10.3 Å². The number of methoxy groups -OCH3 is 1. The molecule has 29 heavy (non-hydrogen) atoms. The summed E-state index contributed by atoms with van der Waals surface area (Å²) in [7, 11) is 1.52. The van der Waals surface area contributed by atoms with Crippen molar-refractivity contribution < 1.29 is 14.6 Å². The number of amides is 2. The second-order valence-corrected chi connectivity index (χ2v) is 6.92. The van der Waals surface area contributed by atoms with Gasteiger partial charge in [0.2, 0.25) is 0 Å². The Balaban J connectivity index is 1.88. The van der Waals surface area contributed by atoms with E-state index in [-0.39, 0.29) is 25.3 Å². The average Bonchev–Trinajstić information content (AvgIpc) is 2.70. The molecule has 1 heterocycles. The monoisotopic (exact) mass is 395 g/mol. The number of fused-ring (bicyclic) bond motifs is 1. The first-order valence-electron chi connectivity index (χ1n) is 9.36. The van der Waals surface area contributed by atoms with E-state index in [1.807, 2.05) is 26.0 Å². The van der Waals surface area contributed by atoms with Crippen molar-refractivity contribution in [1.82, 2.24) is 9.88 Å². The molecule has 2 amide bonds. The van der Waals surface area contributed by atoms with Crippen LogP contribution in [0.15, 0.2) is 47.3 Å². The van der Waals surface area contributed by atoms with Crippen LogP contribution in [0.1, 0.15) is 16.7 Å². The Kier molecular flexibility index (Phi) is 6.19. The smallest absolute Gasteiger partial charge is 0.322 e. The number of nitrogens with zero attached hydrogens (tertiary/aromatic N) is 1. The summed E-state index contributed by atoms with van der Waals surface area (Å²) in [6, 6.07) is 12.4. The van der Waals surface area contributed by atoms with E-state index < -0.39 is 6.03 Å². The molecule has 0 fully saturated rings. The molecule has 0 unspecified atom stereocenters. The molecule has 3 rings (SSSR count). The number of carbonyl (C=O) groups excluding carboxylic acids is 1. The molecule has 7 nitrogen and oxygen atoms in total. The number of ether oxygens (including phenoxy) is 1. The maximum absolute atomic E-state index is 12.8. The molecular formula is C22H25N3O4. The minimum Gasteiger partial charge on any atom is -0.495 e. The molecule has 152 valence electrons. The lowest BCUT2D eigenvalue weighted by Crippen LogP contribution is -2.38. The minimum absolute atomic E-state index is 0.0692. The molecule has 0 radical (unpaired) electrons. The van der Waals surface area contributed by atoms with Crippen LogP contribution in [0, 0.1) is 13.8 Å². The number of nitrogens with one attached hydrogen (secondary N) is 2. The molecular weight excluding hydrogens is 370 g/mol. The van der Waals surface area contributed by atoms with E-state index >= 15 is 0 Å². The zero-order valence-corrected chi connectivity index (χ0v) is 16.8. The van der Waals surface area contributed by atoms with Crippen LogP contribution >= 0.6 is 0 Å². The van der Waals surface area contributed by atoms with Gasteiger partial charge in [0, 0.05) is 17.6 Å². The van der Waals surface area contributed by atoms with E-state index in [0.29, 0.717) is 17.0 Å². The number of aliphatic hydroxyl groups is 1. The van der Waals surface area contributed by atoms with Crippen LogP contribution in [0.2, 0.25) is 0 Å². The SMILES string of the molecule is COc1ccccc1NC(=O)N(CCO)Cc1cc2cc(C)c(C)cc2[nH]c1=O. The number of urea groups is 1. The fourth-order valence-corrected chi connectivity index (χ4v) is 3.16. The van der Waals surface area contributed by atoms with Crippen LogP contribution < -0.4 is 15.6 Å². The third-order valence-electron chi connectivity index (χ3n) is 4.90. The van der Waals surface area contributed by atoms with Crippen molar-refractivity contribution in [1.29, 1.82) is 0 Å². The summed E-state index contributed by atoms with van der Waals surface area (Å²) < 4.78 is 5.25. The molecule has 0 aliphatic carbocycles. The van der Waals surface area contributed by atoms with Crippen LogP contribution in [0.4, 0.5) is 10.5 Å². The Morgan fingerprint density at radius 3 is 2.62 bits per heavy atom. The highest BCUT2D eigenvalue weighted by Gasteiger charge is 2.17. The number of aryl methyl sites for hydroxylation is 2. The van der Waals surface area contributed by atoms with Crippen molar-refractivity contribution in [3.63, 3.8) is 0 Å². The van der Waals surface area contributed by atoms with Gasteiger partial charge in [-0.25, -0.2) is 4.79 Å². The van der Waals surface area contributed by atoms with Gasteiger partial charge >= 0.3 is 6.03 Å². The third kappa shape index (κ3) is 4.57. The number of aromatic amines is 1. The number of hydrogen-bond donors (Lipinski definition) is 3.